The number of nitrogens with zero attached hydrogens (tertiary/aromatic N) is 2. The molecule has 158 valence electrons. The number of halogens is 2. The van der Waals surface area contributed by atoms with Gasteiger partial charge in [0.2, 0.25) is 10.0 Å². The fourth-order valence-corrected chi connectivity index (χ4v) is 3.90. The van der Waals surface area contributed by atoms with Crippen molar-refractivity contribution in [3.8, 4) is 5.69 Å². The number of sulfonamides is 1. The van der Waals surface area contributed by atoms with Crippen molar-refractivity contribution in [3.05, 3.63) is 85.8 Å². The Labute approximate surface area is 184 Å². The molecule has 7 nitrogen and oxygen atoms in total. The van der Waals surface area contributed by atoms with Gasteiger partial charge in [-0.1, -0.05) is 53.5 Å². The predicted molar refractivity (Wildman–Crippen MR) is 120 cm³/mol. The van der Waals surface area contributed by atoms with Gasteiger partial charge >= 0.3 is 0 Å². The zero-order valence-electron chi connectivity index (χ0n) is 16.3. The molecule has 0 saturated carbocycles. The maximum absolute atomic E-state index is 12.7. The van der Waals surface area contributed by atoms with Crippen molar-refractivity contribution in [1.82, 2.24) is 14.5 Å². The van der Waals surface area contributed by atoms with Crippen molar-refractivity contribution in [3.63, 3.8) is 0 Å². The first-order valence-corrected chi connectivity index (χ1v) is 11.4. The minimum absolute atomic E-state index is 0.00406. The molecule has 0 fully saturated rings. The minimum Gasteiger partial charge on any atom is -0.378 e. The summed E-state index contributed by atoms with van der Waals surface area (Å²) in [6, 6.07) is 12.3. The molecule has 0 radical (unpaired) electrons. The smallest absolute Gasteiger partial charge is 0.292 e. The molecule has 1 heterocycles. The number of benzene rings is 2. The van der Waals surface area contributed by atoms with Crippen LogP contribution in [0.3, 0.4) is 0 Å². The molecular formula is C20H20Cl2N4O3S. The molecule has 2 aromatic carbocycles. The van der Waals surface area contributed by atoms with Crippen LogP contribution in [0.4, 0.5) is 5.69 Å². The summed E-state index contributed by atoms with van der Waals surface area (Å²) < 4.78 is 26.9. The van der Waals surface area contributed by atoms with Gasteiger partial charge in [-0.25, -0.2) is 13.1 Å². The molecule has 0 spiro atoms. The minimum atomic E-state index is -3.36. The molecule has 0 aliphatic heterocycles. The number of nitrogens with one attached hydrogen (secondary N) is 2. The zero-order valence-corrected chi connectivity index (χ0v) is 18.6. The Kier molecular flexibility index (Phi) is 6.82. The van der Waals surface area contributed by atoms with Gasteiger partial charge in [-0.2, -0.15) is 9.78 Å². The van der Waals surface area contributed by atoms with Crippen LogP contribution in [0.5, 0.6) is 0 Å². The Balaban J connectivity index is 1.79. The number of hydrogen-bond donors (Lipinski definition) is 2. The maximum Gasteiger partial charge on any atom is 0.292 e. The van der Waals surface area contributed by atoms with E-state index in [0.29, 0.717) is 28.5 Å². The lowest BCUT2D eigenvalue weighted by Gasteiger charge is -2.12. The average molecular weight is 467 g/mol. The van der Waals surface area contributed by atoms with Crippen LogP contribution in [-0.4, -0.2) is 25.2 Å². The summed E-state index contributed by atoms with van der Waals surface area (Å²) >= 11 is 12.4. The molecule has 3 rings (SSSR count). The Morgan fingerprint density at radius 2 is 1.83 bits per heavy atom. The first-order valence-electron chi connectivity index (χ1n) is 8.97. The van der Waals surface area contributed by atoms with Crippen LogP contribution >= 0.6 is 23.2 Å². The summed E-state index contributed by atoms with van der Waals surface area (Å²) in [6.45, 7) is 2.21. The summed E-state index contributed by atoms with van der Waals surface area (Å²) in [5.41, 5.74) is 2.80. The average Bonchev–Trinajstić information content (AvgIpc) is 2.71. The molecule has 0 saturated heterocycles. The number of hydrogen-bond acceptors (Lipinski definition) is 5. The highest BCUT2D eigenvalue weighted by molar-refractivity contribution is 7.88. The Morgan fingerprint density at radius 3 is 2.53 bits per heavy atom. The fourth-order valence-electron chi connectivity index (χ4n) is 2.77. The summed E-state index contributed by atoms with van der Waals surface area (Å²) in [6.07, 6.45) is 1.47. The highest BCUT2D eigenvalue weighted by Gasteiger charge is 2.12. The number of rotatable bonds is 7. The van der Waals surface area contributed by atoms with Gasteiger partial charge in [-0.15, -0.1) is 0 Å². The molecule has 0 bridgehead atoms. The first kappa shape index (κ1) is 22.3. The van der Waals surface area contributed by atoms with E-state index in [1.54, 1.807) is 36.4 Å². The third kappa shape index (κ3) is 5.20. The highest BCUT2D eigenvalue weighted by atomic mass is 35.5. The lowest BCUT2D eigenvalue weighted by atomic mass is 10.1. The second-order valence-corrected chi connectivity index (χ2v) is 9.37. The second kappa shape index (κ2) is 9.18. The van der Waals surface area contributed by atoms with Crippen LogP contribution in [0.1, 0.15) is 16.7 Å². The molecule has 3 aromatic rings. The molecule has 0 aliphatic rings. The number of aromatic nitrogens is 2. The van der Waals surface area contributed by atoms with E-state index in [1.807, 2.05) is 13.0 Å². The van der Waals surface area contributed by atoms with Gasteiger partial charge in [0.1, 0.15) is 5.02 Å². The SMILES string of the molecule is CNS(=O)(=O)Cc1cccc(CNc2cnn(-c3ccc(C)c(Cl)c3)c(=O)c2Cl)c1. The van der Waals surface area contributed by atoms with Crippen molar-refractivity contribution < 1.29 is 8.42 Å². The largest absolute Gasteiger partial charge is 0.378 e. The van der Waals surface area contributed by atoms with E-state index in [9.17, 15) is 13.2 Å². The molecule has 0 unspecified atom stereocenters. The van der Waals surface area contributed by atoms with Crippen LogP contribution in [0.2, 0.25) is 10.0 Å². The van der Waals surface area contributed by atoms with Crippen LogP contribution in [0.25, 0.3) is 5.69 Å². The monoisotopic (exact) mass is 466 g/mol. The van der Waals surface area contributed by atoms with Gasteiger partial charge in [-0.3, -0.25) is 4.79 Å². The topological polar surface area (TPSA) is 93.1 Å². The lowest BCUT2D eigenvalue weighted by Crippen LogP contribution is -2.22. The zero-order chi connectivity index (χ0) is 21.9. The van der Waals surface area contributed by atoms with Crippen molar-refractivity contribution in [2.24, 2.45) is 0 Å². The maximum atomic E-state index is 12.7. The molecular weight excluding hydrogens is 447 g/mol. The van der Waals surface area contributed by atoms with E-state index in [0.717, 1.165) is 11.1 Å². The van der Waals surface area contributed by atoms with E-state index < -0.39 is 15.6 Å². The molecule has 0 atom stereocenters. The molecule has 10 heteroatoms. The Hall–Kier alpha value is -2.39. The Bertz CT molecular complexity index is 1240. The van der Waals surface area contributed by atoms with Crippen molar-refractivity contribution in [2.45, 2.75) is 19.2 Å². The van der Waals surface area contributed by atoms with Gasteiger partial charge in [0, 0.05) is 11.6 Å². The van der Waals surface area contributed by atoms with Crippen molar-refractivity contribution in [1.29, 1.82) is 0 Å². The predicted octanol–water partition coefficient (Wildman–Crippen LogP) is 3.51. The summed E-state index contributed by atoms with van der Waals surface area (Å²) in [7, 11) is -1.98. The summed E-state index contributed by atoms with van der Waals surface area (Å²) in [5, 5.41) is 7.78. The van der Waals surface area contributed by atoms with E-state index in [4.69, 9.17) is 23.2 Å². The highest BCUT2D eigenvalue weighted by Crippen LogP contribution is 2.21. The van der Waals surface area contributed by atoms with Crippen LogP contribution < -0.4 is 15.6 Å². The van der Waals surface area contributed by atoms with Crippen LogP contribution in [0, 0.1) is 6.92 Å². The first-order chi connectivity index (χ1) is 14.2. The van der Waals surface area contributed by atoms with Crippen LogP contribution in [-0.2, 0) is 22.3 Å². The third-order valence-electron chi connectivity index (χ3n) is 4.46. The molecule has 30 heavy (non-hydrogen) atoms. The van der Waals surface area contributed by atoms with E-state index >= 15 is 0 Å². The molecule has 0 amide bonds. The summed E-state index contributed by atoms with van der Waals surface area (Å²) in [4.78, 5) is 12.7. The van der Waals surface area contributed by atoms with Crippen LogP contribution in [0.15, 0.2) is 53.5 Å². The number of anilines is 1. The Morgan fingerprint density at radius 1 is 1.10 bits per heavy atom. The van der Waals surface area contributed by atoms with E-state index in [2.05, 4.69) is 15.1 Å². The van der Waals surface area contributed by atoms with E-state index in [1.165, 1.54) is 17.9 Å². The number of aryl methyl sites for hydroxylation is 1. The lowest BCUT2D eigenvalue weighted by molar-refractivity contribution is 0.587. The van der Waals surface area contributed by atoms with Gasteiger partial charge in [0.05, 0.1) is 23.3 Å². The van der Waals surface area contributed by atoms with Crippen molar-refractivity contribution >= 4 is 38.9 Å². The quantitative estimate of drug-likeness (QED) is 0.555. The van der Waals surface area contributed by atoms with Gasteiger partial charge < -0.3 is 5.32 Å². The van der Waals surface area contributed by atoms with Crippen molar-refractivity contribution in [2.75, 3.05) is 12.4 Å². The van der Waals surface area contributed by atoms with Gasteiger partial charge in [-0.05, 0) is 42.8 Å². The standard InChI is InChI=1S/C20H20Cl2N4O3S/c1-13-6-7-16(9-17(13)21)26-20(27)19(22)18(11-25-26)24-10-14-4-3-5-15(8-14)12-30(28,29)23-2/h3-9,11,23-24H,10,12H2,1-2H3. The summed E-state index contributed by atoms with van der Waals surface area (Å²) in [5.74, 6) is -0.116. The molecule has 0 aliphatic carbocycles. The van der Waals surface area contributed by atoms with Gasteiger partial charge in [0.15, 0.2) is 0 Å². The van der Waals surface area contributed by atoms with Gasteiger partial charge in [0.25, 0.3) is 5.56 Å². The van der Waals surface area contributed by atoms with E-state index in [-0.39, 0.29) is 10.8 Å². The molecule has 1 aromatic heterocycles. The molecule has 2 N–H and O–H groups in total. The third-order valence-corrected chi connectivity index (χ3v) is 6.57. The second-order valence-electron chi connectivity index (χ2n) is 6.66. The fraction of sp³-hybridized carbons (Fsp3) is 0.200. The normalized spacial score (nSPS) is 11.5.